The Labute approximate surface area is 514 Å². The summed E-state index contributed by atoms with van der Waals surface area (Å²) in [7, 11) is 1.89. The Hall–Kier alpha value is -0.160. The monoisotopic (exact) mass is 1150 g/mol. The fraction of sp³-hybridized carbons (Fsp3) is 1.00. The van der Waals surface area contributed by atoms with Gasteiger partial charge >= 0.3 is 0 Å². The van der Waals surface area contributed by atoms with Crippen LogP contribution in [0.4, 0.5) is 0 Å². The molecular weight excluding hydrogens is 1000 g/mol. The summed E-state index contributed by atoms with van der Waals surface area (Å²) < 4.78 is 23.7. The lowest BCUT2D eigenvalue weighted by Crippen LogP contribution is -2.34. The first kappa shape index (κ1) is 72.6. The summed E-state index contributed by atoms with van der Waals surface area (Å²) >= 11 is 0. The predicted octanol–water partition coefficient (Wildman–Crippen LogP) is 24.1. The van der Waals surface area contributed by atoms with Crippen molar-refractivity contribution in [2.45, 2.75) is 377 Å². The molecule has 0 aromatic rings. The van der Waals surface area contributed by atoms with Gasteiger partial charge in [0.25, 0.3) is 0 Å². The second-order valence-electron chi connectivity index (χ2n) is 30.8. The molecule has 484 valence electrons. The van der Waals surface area contributed by atoms with E-state index in [1.54, 1.807) is 0 Å². The number of unbranched alkanes of at least 4 members (excludes halogenated alkanes) is 5. The molecule has 4 heteroatoms. The molecule has 0 aromatic heterocycles. The van der Waals surface area contributed by atoms with Gasteiger partial charge in [-0.1, -0.05) is 204 Å². The average Bonchev–Trinajstić information content (AvgIpc) is 3.51. The van der Waals surface area contributed by atoms with Gasteiger partial charge in [-0.25, -0.2) is 0 Å². The van der Waals surface area contributed by atoms with Gasteiger partial charge in [-0.2, -0.15) is 0 Å². The number of methoxy groups -OCH3 is 1. The summed E-state index contributed by atoms with van der Waals surface area (Å²) in [5.41, 5.74) is 0. The SMILES string of the molecule is CCCCC1CCC(C2CCC(OC)C(C)C2)CC1.CCCCC1CCC(C2CCC(OCC)C(C)C2)CC1.CCCCC1CCC(C2CCC(OCCC)C(C)C2)CC1.CCCCOC1CCC(C2CCC(CCCC)CC2)CC1C. The van der Waals surface area contributed by atoms with Crippen LogP contribution in [0.2, 0.25) is 0 Å². The van der Waals surface area contributed by atoms with Gasteiger partial charge in [-0.05, 0) is 243 Å². The van der Waals surface area contributed by atoms with Crippen LogP contribution in [0.3, 0.4) is 0 Å². The maximum Gasteiger partial charge on any atom is 0.0600 e. The maximum atomic E-state index is 6.13. The van der Waals surface area contributed by atoms with Crippen molar-refractivity contribution < 1.29 is 18.9 Å². The molecule has 0 aliphatic heterocycles. The van der Waals surface area contributed by atoms with Gasteiger partial charge < -0.3 is 18.9 Å². The topological polar surface area (TPSA) is 36.9 Å². The van der Waals surface area contributed by atoms with Crippen molar-refractivity contribution in [3.8, 4) is 0 Å². The lowest BCUT2D eigenvalue weighted by molar-refractivity contribution is -0.0286. The molecule has 8 aliphatic carbocycles. The van der Waals surface area contributed by atoms with Crippen LogP contribution >= 0.6 is 0 Å². The Balaban J connectivity index is 0.000000201. The van der Waals surface area contributed by atoms with E-state index in [1.165, 1.54) is 270 Å². The van der Waals surface area contributed by atoms with E-state index in [1.807, 2.05) is 7.11 Å². The first-order chi connectivity index (χ1) is 40.0. The second kappa shape index (κ2) is 42.7. The summed E-state index contributed by atoms with van der Waals surface area (Å²) in [6, 6.07) is 0. The third-order valence-electron chi connectivity index (χ3n) is 24.7. The molecule has 0 N–H and O–H groups in total. The van der Waals surface area contributed by atoms with E-state index in [4.69, 9.17) is 18.9 Å². The van der Waals surface area contributed by atoms with Crippen molar-refractivity contribution in [2.75, 3.05) is 26.9 Å². The second-order valence-corrected chi connectivity index (χ2v) is 30.8. The molecule has 4 nitrogen and oxygen atoms in total. The first-order valence-corrected chi connectivity index (χ1v) is 38.3. The maximum absolute atomic E-state index is 6.13. The highest BCUT2D eigenvalue weighted by atomic mass is 16.5. The summed E-state index contributed by atoms with van der Waals surface area (Å²) in [4.78, 5) is 0. The molecule has 0 amide bonds. The largest absolute Gasteiger partial charge is 0.381 e. The molecule has 8 fully saturated rings. The molecule has 8 rings (SSSR count). The average molecular weight is 1150 g/mol. The minimum absolute atomic E-state index is 0.539. The molecule has 12 atom stereocenters. The Morgan fingerprint density at radius 2 is 0.512 bits per heavy atom. The van der Waals surface area contributed by atoms with Crippen molar-refractivity contribution >= 4 is 0 Å². The van der Waals surface area contributed by atoms with Gasteiger partial charge in [0.2, 0.25) is 0 Å². The van der Waals surface area contributed by atoms with E-state index in [0.29, 0.717) is 24.4 Å². The van der Waals surface area contributed by atoms with Crippen LogP contribution in [0.25, 0.3) is 0 Å². The van der Waals surface area contributed by atoms with Crippen molar-refractivity contribution in [1.29, 1.82) is 0 Å². The number of hydrogen-bond acceptors (Lipinski definition) is 4. The van der Waals surface area contributed by atoms with E-state index in [9.17, 15) is 0 Å². The van der Waals surface area contributed by atoms with Crippen LogP contribution < -0.4 is 0 Å². The Kier molecular flexibility index (Phi) is 37.8. The van der Waals surface area contributed by atoms with Gasteiger partial charge in [-0.3, -0.25) is 0 Å². The summed E-state index contributed by atoms with van der Waals surface area (Å²) in [5, 5.41) is 0. The van der Waals surface area contributed by atoms with Crippen molar-refractivity contribution in [3.63, 3.8) is 0 Å². The van der Waals surface area contributed by atoms with Gasteiger partial charge in [0.1, 0.15) is 0 Å². The molecule has 0 saturated heterocycles. The molecule has 0 radical (unpaired) electrons. The first-order valence-electron chi connectivity index (χ1n) is 38.3. The zero-order valence-corrected chi connectivity index (χ0v) is 57.7. The van der Waals surface area contributed by atoms with E-state index in [-0.39, 0.29) is 0 Å². The Bertz CT molecular complexity index is 1480. The van der Waals surface area contributed by atoms with Gasteiger partial charge in [-0.15, -0.1) is 0 Å². The van der Waals surface area contributed by atoms with E-state index in [2.05, 4.69) is 76.2 Å². The van der Waals surface area contributed by atoms with Gasteiger partial charge in [0.05, 0.1) is 24.4 Å². The van der Waals surface area contributed by atoms with Crippen LogP contribution in [0.15, 0.2) is 0 Å². The molecule has 0 aromatic carbocycles. The van der Waals surface area contributed by atoms with E-state index >= 15 is 0 Å². The lowest BCUT2D eigenvalue weighted by atomic mass is 9.68. The minimum Gasteiger partial charge on any atom is -0.381 e. The fourth-order valence-corrected chi connectivity index (χ4v) is 19.1. The molecular formula is C78H148O4. The number of ether oxygens (including phenoxy) is 4. The van der Waals surface area contributed by atoms with Crippen LogP contribution in [0, 0.1) is 94.7 Å². The van der Waals surface area contributed by atoms with Crippen LogP contribution in [-0.4, -0.2) is 51.3 Å². The third kappa shape index (κ3) is 26.1. The predicted molar refractivity (Wildman–Crippen MR) is 357 cm³/mol. The molecule has 82 heavy (non-hydrogen) atoms. The molecule has 8 saturated carbocycles. The molecule has 0 bridgehead atoms. The highest BCUT2D eigenvalue weighted by molar-refractivity contribution is 4.89. The van der Waals surface area contributed by atoms with Gasteiger partial charge in [0, 0.05) is 26.9 Å². The Morgan fingerprint density at radius 1 is 0.256 bits per heavy atom. The molecule has 8 aliphatic rings. The van der Waals surface area contributed by atoms with E-state index < -0.39 is 0 Å². The summed E-state index contributed by atoms with van der Waals surface area (Å²) in [5.74, 6) is 15.6. The fourth-order valence-electron chi connectivity index (χ4n) is 19.1. The summed E-state index contributed by atoms with van der Waals surface area (Å²) in [6.07, 6.45) is 64.1. The summed E-state index contributed by atoms with van der Waals surface area (Å²) in [6.45, 7) is 28.4. The highest BCUT2D eigenvalue weighted by Gasteiger charge is 2.38. The Morgan fingerprint density at radius 3 is 0.756 bits per heavy atom. The molecule has 0 heterocycles. The lowest BCUT2D eigenvalue weighted by Gasteiger charge is -2.40. The third-order valence-corrected chi connectivity index (χ3v) is 24.7. The van der Waals surface area contributed by atoms with Crippen LogP contribution in [0.5, 0.6) is 0 Å². The number of rotatable bonds is 26. The number of hydrogen-bond donors (Lipinski definition) is 0. The molecule has 12 unspecified atom stereocenters. The van der Waals surface area contributed by atoms with Crippen LogP contribution in [0.1, 0.15) is 352 Å². The normalized spacial score (nSPS) is 38.2. The smallest absolute Gasteiger partial charge is 0.0600 e. The van der Waals surface area contributed by atoms with Gasteiger partial charge in [0.15, 0.2) is 0 Å². The minimum atomic E-state index is 0.539. The standard InChI is InChI=1S/C21H40O.C20H38O.C19H36O.C18H34O/c1-4-6-8-18-9-11-19(12-10-18)20-13-14-21(17(3)16-20)22-15-7-5-2;1-4-6-7-17-8-10-18(11-9-17)19-12-13-20(16(3)15-19)21-14-5-2;1-4-6-7-16-8-10-17(11-9-16)18-12-13-19(20-5-2)15(3)14-18;1-4-5-6-15-7-9-16(10-8-15)17-11-12-18(19-3)14(2)13-17/h17-21H,4-16H2,1-3H3;16-20H,4-15H2,1-3H3;15-19H,4-14H2,1-3H3;14-18H,4-13H2,1-3H3. The zero-order chi connectivity index (χ0) is 58.9. The molecule has 0 spiro atoms. The van der Waals surface area contributed by atoms with Crippen molar-refractivity contribution in [3.05, 3.63) is 0 Å². The van der Waals surface area contributed by atoms with Crippen LogP contribution in [-0.2, 0) is 18.9 Å². The quantitative estimate of drug-likeness (QED) is 0.0809. The van der Waals surface area contributed by atoms with Crippen molar-refractivity contribution in [1.82, 2.24) is 0 Å². The van der Waals surface area contributed by atoms with E-state index in [0.717, 1.165) is 121 Å². The zero-order valence-electron chi connectivity index (χ0n) is 57.7. The van der Waals surface area contributed by atoms with Crippen molar-refractivity contribution in [2.24, 2.45) is 94.7 Å². The highest BCUT2D eigenvalue weighted by Crippen LogP contribution is 2.47.